The minimum Gasteiger partial charge on any atom is -0.493 e. The molecule has 0 aromatic heterocycles. The third-order valence-corrected chi connectivity index (χ3v) is 2.59. The number of ether oxygens (including phenoxy) is 3. The summed E-state index contributed by atoms with van der Waals surface area (Å²) in [7, 11) is 1.38. The maximum atomic E-state index is 11.5. The molecule has 0 aliphatic heterocycles. The Morgan fingerprint density at radius 3 is 2.45 bits per heavy atom. The van der Waals surface area contributed by atoms with Gasteiger partial charge in [0.2, 0.25) is 9.03 Å². The van der Waals surface area contributed by atoms with Crippen molar-refractivity contribution in [3.05, 3.63) is 29.8 Å². The summed E-state index contributed by atoms with van der Waals surface area (Å²) in [5.41, 5.74) is 0.618. The number of halogens is 4. The summed E-state index contributed by atoms with van der Waals surface area (Å²) in [4.78, 5) is 22.1. The summed E-state index contributed by atoms with van der Waals surface area (Å²) in [6.45, 7) is -0.461. The third-order valence-electron chi connectivity index (χ3n) is 2.14. The Bertz CT molecular complexity index is 580. The number of carbonyl (C=O) groups excluding carboxylic acids is 2. The lowest BCUT2D eigenvalue weighted by atomic mass is 10.2. The highest BCUT2D eigenvalue weighted by Crippen LogP contribution is 2.30. The Morgan fingerprint density at radius 2 is 1.91 bits per heavy atom. The normalized spacial score (nSPS) is 11.3. The van der Waals surface area contributed by atoms with Crippen LogP contribution in [0, 0.1) is 0 Å². The number of alkyl halides is 3. The largest absolute Gasteiger partial charge is 0.514 e. The van der Waals surface area contributed by atoms with Gasteiger partial charge in [0, 0.05) is 0 Å². The number of rotatable bonds is 5. The Kier molecular flexibility index (Phi) is 7.29. The van der Waals surface area contributed by atoms with Crippen LogP contribution < -0.4 is 9.47 Å². The summed E-state index contributed by atoms with van der Waals surface area (Å²) >= 11 is 21.5. The van der Waals surface area contributed by atoms with Crippen LogP contribution in [0.3, 0.4) is 0 Å². The average molecular weight is 388 g/mol. The zero-order chi connectivity index (χ0) is 16.8. The minimum atomic E-state index is -1.73. The Morgan fingerprint density at radius 1 is 1.23 bits per heavy atom. The maximum Gasteiger partial charge on any atom is 0.514 e. The SMILES string of the molecule is COc1cc(C=CC(=O)Cl)ccc1OC(=O)OCC(Cl)(Cl)Cl. The highest BCUT2D eigenvalue weighted by Gasteiger charge is 2.23. The predicted molar refractivity (Wildman–Crippen MR) is 85.2 cm³/mol. The first-order valence-corrected chi connectivity index (χ1v) is 7.19. The molecular formula is C13H10Cl4O5. The van der Waals surface area contributed by atoms with Crippen molar-refractivity contribution in [2.75, 3.05) is 13.7 Å². The van der Waals surface area contributed by atoms with Crippen LogP contribution in [-0.4, -0.2) is 28.9 Å². The predicted octanol–water partition coefficient (Wildman–Crippen LogP) is 4.36. The molecule has 0 unspecified atom stereocenters. The topological polar surface area (TPSA) is 61.8 Å². The lowest BCUT2D eigenvalue weighted by Gasteiger charge is -2.12. The summed E-state index contributed by atoms with van der Waals surface area (Å²) in [5, 5.41) is -0.616. The first-order valence-electron chi connectivity index (χ1n) is 5.68. The number of allylic oxidation sites excluding steroid dienone is 1. The van der Waals surface area contributed by atoms with Crippen molar-refractivity contribution < 1.29 is 23.8 Å². The summed E-state index contributed by atoms with van der Waals surface area (Å²) in [5.74, 6) is 0.348. The van der Waals surface area contributed by atoms with Gasteiger partial charge in [0.05, 0.1) is 7.11 Å². The number of hydrogen-bond acceptors (Lipinski definition) is 5. The van der Waals surface area contributed by atoms with Gasteiger partial charge in [0.1, 0.15) is 6.61 Å². The van der Waals surface area contributed by atoms with E-state index >= 15 is 0 Å². The molecule has 5 nitrogen and oxygen atoms in total. The number of carbonyl (C=O) groups is 2. The summed E-state index contributed by atoms with van der Waals surface area (Å²) < 4.78 is 12.9. The molecule has 0 radical (unpaired) electrons. The Hall–Kier alpha value is -1.14. The lowest BCUT2D eigenvalue weighted by Crippen LogP contribution is -2.19. The molecule has 22 heavy (non-hydrogen) atoms. The van der Waals surface area contributed by atoms with Crippen LogP contribution in [0.1, 0.15) is 5.56 Å². The standard InChI is InChI=1S/C13H10Cl4O5/c1-20-10-6-8(3-5-11(14)18)2-4-9(10)22-12(19)21-7-13(15,16)17/h2-6H,7H2,1H3. The molecule has 0 aliphatic carbocycles. The van der Waals surface area contributed by atoms with Crippen molar-refractivity contribution in [2.24, 2.45) is 0 Å². The highest BCUT2D eigenvalue weighted by atomic mass is 35.6. The van der Waals surface area contributed by atoms with Crippen LogP contribution >= 0.6 is 46.4 Å². The van der Waals surface area contributed by atoms with Gasteiger partial charge in [-0.15, -0.1) is 0 Å². The molecule has 120 valence electrons. The van der Waals surface area contributed by atoms with Crippen LogP contribution in [0.25, 0.3) is 6.08 Å². The van der Waals surface area contributed by atoms with E-state index in [0.717, 1.165) is 0 Å². The van der Waals surface area contributed by atoms with Crippen LogP contribution in [0.4, 0.5) is 4.79 Å². The van der Waals surface area contributed by atoms with Gasteiger partial charge in [-0.25, -0.2) is 4.79 Å². The van der Waals surface area contributed by atoms with Crippen LogP contribution in [-0.2, 0) is 9.53 Å². The molecule has 1 aromatic carbocycles. The second kappa shape index (κ2) is 8.48. The van der Waals surface area contributed by atoms with Crippen molar-refractivity contribution in [1.29, 1.82) is 0 Å². The first-order chi connectivity index (χ1) is 10.2. The molecule has 0 N–H and O–H groups in total. The molecule has 0 heterocycles. The van der Waals surface area contributed by atoms with Crippen molar-refractivity contribution in [2.45, 2.75) is 3.79 Å². The molecule has 0 aliphatic rings. The van der Waals surface area contributed by atoms with E-state index in [1.165, 1.54) is 31.4 Å². The molecule has 0 saturated heterocycles. The molecule has 1 aromatic rings. The van der Waals surface area contributed by atoms with Gasteiger partial charge in [-0.2, -0.15) is 0 Å². The monoisotopic (exact) mass is 386 g/mol. The average Bonchev–Trinajstić information content (AvgIpc) is 2.43. The minimum absolute atomic E-state index is 0.103. The zero-order valence-corrected chi connectivity index (χ0v) is 14.2. The van der Waals surface area contributed by atoms with Crippen molar-refractivity contribution >= 4 is 63.9 Å². The molecule has 1 rings (SSSR count). The zero-order valence-electron chi connectivity index (χ0n) is 11.1. The number of methoxy groups -OCH3 is 1. The molecule has 0 bridgehead atoms. The number of benzene rings is 1. The fourth-order valence-electron chi connectivity index (χ4n) is 1.29. The van der Waals surface area contributed by atoms with Crippen LogP contribution in [0.2, 0.25) is 0 Å². The van der Waals surface area contributed by atoms with Gasteiger partial charge in [0.15, 0.2) is 11.5 Å². The van der Waals surface area contributed by atoms with Crippen LogP contribution in [0.5, 0.6) is 11.5 Å². The van der Waals surface area contributed by atoms with Crippen LogP contribution in [0.15, 0.2) is 24.3 Å². The van der Waals surface area contributed by atoms with Crippen molar-refractivity contribution in [3.63, 3.8) is 0 Å². The van der Waals surface area contributed by atoms with Gasteiger partial charge in [0.25, 0.3) is 0 Å². The summed E-state index contributed by atoms with van der Waals surface area (Å²) in [6, 6.07) is 4.57. The third kappa shape index (κ3) is 7.22. The van der Waals surface area contributed by atoms with E-state index in [9.17, 15) is 9.59 Å². The highest BCUT2D eigenvalue weighted by molar-refractivity contribution is 6.67. The van der Waals surface area contributed by atoms with E-state index in [-0.39, 0.29) is 11.5 Å². The molecule has 0 saturated carbocycles. The van der Waals surface area contributed by atoms with E-state index in [0.29, 0.717) is 5.56 Å². The van der Waals surface area contributed by atoms with Crippen molar-refractivity contribution in [3.8, 4) is 11.5 Å². The van der Waals surface area contributed by atoms with Gasteiger partial charge < -0.3 is 14.2 Å². The van der Waals surface area contributed by atoms with Gasteiger partial charge >= 0.3 is 6.16 Å². The first kappa shape index (κ1) is 18.9. The Balaban J connectivity index is 2.78. The maximum absolute atomic E-state index is 11.5. The van der Waals surface area contributed by atoms with Gasteiger partial charge in [-0.1, -0.05) is 46.9 Å². The van der Waals surface area contributed by atoms with E-state index < -0.39 is 21.8 Å². The fourth-order valence-corrected chi connectivity index (χ4v) is 1.52. The van der Waals surface area contributed by atoms with E-state index in [1.807, 2.05) is 0 Å². The molecule has 0 spiro atoms. The number of hydrogen-bond donors (Lipinski definition) is 0. The quantitative estimate of drug-likeness (QED) is 0.247. The van der Waals surface area contributed by atoms with E-state index in [1.54, 1.807) is 6.07 Å². The van der Waals surface area contributed by atoms with Gasteiger partial charge in [-0.05, 0) is 35.4 Å². The van der Waals surface area contributed by atoms with Crippen molar-refractivity contribution in [1.82, 2.24) is 0 Å². The fraction of sp³-hybridized carbons (Fsp3) is 0.231. The second-order valence-electron chi connectivity index (χ2n) is 3.80. The lowest BCUT2D eigenvalue weighted by molar-refractivity contribution is -0.107. The smallest absolute Gasteiger partial charge is 0.493 e. The molecule has 0 atom stereocenters. The van der Waals surface area contributed by atoms with E-state index in [4.69, 9.17) is 55.9 Å². The second-order valence-corrected chi connectivity index (χ2v) is 6.69. The van der Waals surface area contributed by atoms with Gasteiger partial charge in [-0.3, -0.25) is 4.79 Å². The molecule has 0 fully saturated rings. The van der Waals surface area contributed by atoms with E-state index in [2.05, 4.69) is 4.74 Å². The molecule has 9 heteroatoms. The Labute approximate surface area is 146 Å². The summed E-state index contributed by atoms with van der Waals surface area (Å²) in [6.07, 6.45) is 1.60. The molecule has 0 amide bonds. The molecular weight excluding hydrogens is 378 g/mol.